The number of aromatic nitrogens is 3. The third-order valence-corrected chi connectivity index (χ3v) is 2.79. The summed E-state index contributed by atoms with van der Waals surface area (Å²) in [6.45, 7) is 1.76. The Hall–Kier alpha value is -2.89. The van der Waals surface area contributed by atoms with E-state index in [9.17, 15) is 4.79 Å². The second-order valence-corrected chi connectivity index (χ2v) is 4.29. The van der Waals surface area contributed by atoms with Crippen molar-refractivity contribution in [2.45, 2.75) is 6.92 Å². The summed E-state index contributed by atoms with van der Waals surface area (Å²) in [6.07, 6.45) is 3.44. The van der Waals surface area contributed by atoms with Crippen LogP contribution in [0.25, 0.3) is 11.4 Å². The first-order chi connectivity index (χ1) is 9.72. The minimum atomic E-state index is -0.232. The van der Waals surface area contributed by atoms with Crippen LogP contribution in [-0.2, 0) is 0 Å². The fourth-order valence-electron chi connectivity index (χ4n) is 1.82. The number of hydrogen-bond acceptors (Lipinski definition) is 4. The van der Waals surface area contributed by atoms with Crippen molar-refractivity contribution in [3.8, 4) is 11.4 Å². The highest BCUT2D eigenvalue weighted by molar-refractivity contribution is 6.03. The lowest BCUT2D eigenvalue weighted by Gasteiger charge is -2.02. The summed E-state index contributed by atoms with van der Waals surface area (Å²) < 4.78 is 4.89. The molecule has 0 aliphatic heterocycles. The molecule has 6 heteroatoms. The lowest BCUT2D eigenvalue weighted by atomic mass is 10.1. The first-order valence-electron chi connectivity index (χ1n) is 6.07. The maximum Gasteiger partial charge on any atom is 0.256 e. The second kappa shape index (κ2) is 5.00. The van der Waals surface area contributed by atoms with Gasteiger partial charge in [0, 0.05) is 29.6 Å². The molecule has 100 valence electrons. The van der Waals surface area contributed by atoms with Gasteiger partial charge in [-0.15, -0.1) is 0 Å². The number of nitrogens with zero attached hydrogens (tertiary/aromatic N) is 2. The van der Waals surface area contributed by atoms with Crippen LogP contribution in [0.2, 0.25) is 0 Å². The average Bonchev–Trinajstić information content (AvgIpc) is 3.11. The van der Waals surface area contributed by atoms with Crippen molar-refractivity contribution in [2.24, 2.45) is 0 Å². The normalized spacial score (nSPS) is 10.4. The number of nitrogens with one attached hydrogen (secondary N) is 2. The highest BCUT2D eigenvalue weighted by atomic mass is 16.5. The van der Waals surface area contributed by atoms with Crippen molar-refractivity contribution in [2.75, 3.05) is 5.32 Å². The van der Waals surface area contributed by atoms with Gasteiger partial charge in [-0.1, -0.05) is 17.3 Å². The Morgan fingerprint density at radius 1 is 1.30 bits per heavy atom. The summed E-state index contributed by atoms with van der Waals surface area (Å²) >= 11 is 0. The van der Waals surface area contributed by atoms with Crippen molar-refractivity contribution >= 4 is 11.7 Å². The van der Waals surface area contributed by atoms with Crippen LogP contribution < -0.4 is 5.32 Å². The molecule has 1 amide bonds. The Morgan fingerprint density at radius 3 is 2.70 bits per heavy atom. The molecule has 0 bridgehead atoms. The van der Waals surface area contributed by atoms with E-state index in [1.807, 2.05) is 12.1 Å². The molecule has 2 aromatic heterocycles. The highest BCUT2D eigenvalue weighted by Gasteiger charge is 2.09. The van der Waals surface area contributed by atoms with Gasteiger partial charge in [-0.2, -0.15) is 0 Å². The number of hydrogen-bond donors (Lipinski definition) is 2. The molecule has 0 saturated carbocycles. The summed E-state index contributed by atoms with van der Waals surface area (Å²) in [6, 6.07) is 8.80. The van der Waals surface area contributed by atoms with E-state index in [4.69, 9.17) is 4.52 Å². The van der Waals surface area contributed by atoms with Gasteiger partial charge in [0.2, 0.25) is 0 Å². The van der Waals surface area contributed by atoms with Gasteiger partial charge in [0.15, 0.2) is 5.82 Å². The zero-order chi connectivity index (χ0) is 13.9. The van der Waals surface area contributed by atoms with E-state index >= 15 is 0 Å². The van der Waals surface area contributed by atoms with Crippen LogP contribution >= 0.6 is 0 Å². The second-order valence-electron chi connectivity index (χ2n) is 4.29. The van der Waals surface area contributed by atoms with Crippen LogP contribution in [0, 0.1) is 6.92 Å². The smallest absolute Gasteiger partial charge is 0.256 e. The molecule has 2 heterocycles. The zero-order valence-electron chi connectivity index (χ0n) is 10.8. The van der Waals surface area contributed by atoms with Crippen LogP contribution in [0.3, 0.4) is 0 Å². The molecule has 0 aliphatic carbocycles. The van der Waals surface area contributed by atoms with Crippen molar-refractivity contribution in [3.63, 3.8) is 0 Å². The van der Waals surface area contributed by atoms with Gasteiger partial charge in [-0.25, -0.2) is 4.98 Å². The van der Waals surface area contributed by atoms with Gasteiger partial charge in [0.1, 0.15) is 11.6 Å². The lowest BCUT2D eigenvalue weighted by Crippen LogP contribution is -2.11. The Balaban J connectivity index is 1.75. The summed E-state index contributed by atoms with van der Waals surface area (Å²) in [5.74, 6) is 1.59. The van der Waals surface area contributed by atoms with Gasteiger partial charge < -0.3 is 14.8 Å². The minimum Gasteiger partial charge on any atom is -0.360 e. The molecule has 0 saturated heterocycles. The number of aromatic amines is 1. The molecule has 3 rings (SSSR count). The van der Waals surface area contributed by atoms with Crippen LogP contribution in [0.1, 0.15) is 16.1 Å². The Labute approximate surface area is 114 Å². The van der Waals surface area contributed by atoms with Crippen LogP contribution in [0.15, 0.2) is 47.2 Å². The van der Waals surface area contributed by atoms with Crippen molar-refractivity contribution in [1.29, 1.82) is 0 Å². The maximum atomic E-state index is 12.0. The van der Waals surface area contributed by atoms with Crippen molar-refractivity contribution < 1.29 is 9.32 Å². The third kappa shape index (κ3) is 2.44. The molecule has 0 unspecified atom stereocenters. The first-order valence-corrected chi connectivity index (χ1v) is 6.07. The zero-order valence-corrected chi connectivity index (χ0v) is 10.8. The Kier molecular flexibility index (Phi) is 3.04. The van der Waals surface area contributed by atoms with E-state index in [0.29, 0.717) is 17.1 Å². The van der Waals surface area contributed by atoms with Crippen LogP contribution in [0.4, 0.5) is 5.82 Å². The summed E-state index contributed by atoms with van der Waals surface area (Å²) in [7, 11) is 0. The van der Waals surface area contributed by atoms with E-state index in [-0.39, 0.29) is 5.91 Å². The summed E-state index contributed by atoms with van der Waals surface area (Å²) in [5.41, 5.74) is 1.46. The van der Waals surface area contributed by atoms with Crippen molar-refractivity contribution in [1.82, 2.24) is 15.1 Å². The lowest BCUT2D eigenvalue weighted by molar-refractivity contribution is 0.102. The molecular weight excluding hydrogens is 256 g/mol. The molecule has 0 radical (unpaired) electrons. The van der Waals surface area contributed by atoms with Gasteiger partial charge >= 0.3 is 0 Å². The molecule has 0 aliphatic rings. The molecule has 20 heavy (non-hydrogen) atoms. The fraction of sp³-hybridized carbons (Fsp3) is 0.0714. The van der Waals surface area contributed by atoms with Gasteiger partial charge in [-0.05, 0) is 19.1 Å². The summed E-state index contributed by atoms with van der Waals surface area (Å²) in [5, 5.41) is 6.38. The van der Waals surface area contributed by atoms with E-state index in [0.717, 1.165) is 11.4 Å². The minimum absolute atomic E-state index is 0.232. The molecule has 6 nitrogen and oxygen atoms in total. The molecule has 0 fully saturated rings. The predicted octanol–water partition coefficient (Wildman–Crippen LogP) is 2.63. The third-order valence-electron chi connectivity index (χ3n) is 2.79. The monoisotopic (exact) mass is 268 g/mol. The maximum absolute atomic E-state index is 12.0. The molecular formula is C14H12N4O2. The Morgan fingerprint density at radius 2 is 2.10 bits per heavy atom. The number of rotatable bonds is 3. The molecule has 3 aromatic rings. The number of benzene rings is 1. The largest absolute Gasteiger partial charge is 0.360 e. The molecule has 1 aromatic carbocycles. The fourth-order valence-corrected chi connectivity index (χ4v) is 1.82. The standard InChI is InChI=1S/C14H12N4O2/c1-9-8-12(18-20-9)17-14(19)11-4-2-10(3-5-11)13-15-6-7-16-13/h2-8H,1H3,(H,15,16)(H,17,18,19). The number of anilines is 1. The number of H-pyrrole nitrogens is 1. The quantitative estimate of drug-likeness (QED) is 0.764. The van der Waals surface area contributed by atoms with Crippen LogP contribution in [0.5, 0.6) is 0 Å². The first kappa shape index (κ1) is 12.2. The Bertz CT molecular complexity index is 714. The molecule has 2 N–H and O–H groups in total. The van der Waals surface area contributed by atoms with Crippen LogP contribution in [-0.4, -0.2) is 21.0 Å². The summed E-state index contributed by atoms with van der Waals surface area (Å²) in [4.78, 5) is 19.2. The van der Waals surface area contributed by atoms with E-state index in [1.165, 1.54) is 0 Å². The molecule has 0 atom stereocenters. The van der Waals surface area contributed by atoms with Gasteiger partial charge in [-0.3, -0.25) is 4.79 Å². The predicted molar refractivity (Wildman–Crippen MR) is 73.2 cm³/mol. The van der Waals surface area contributed by atoms with Gasteiger partial charge in [0.05, 0.1) is 0 Å². The highest BCUT2D eigenvalue weighted by Crippen LogP contribution is 2.16. The SMILES string of the molecule is Cc1cc(NC(=O)c2ccc(-c3ncc[nH]3)cc2)no1. The molecule has 0 spiro atoms. The average molecular weight is 268 g/mol. The topological polar surface area (TPSA) is 83.8 Å². The number of imidazole rings is 1. The number of carbonyl (C=O) groups is 1. The van der Waals surface area contributed by atoms with Crippen molar-refractivity contribution in [3.05, 3.63) is 54.0 Å². The van der Waals surface area contributed by atoms with Gasteiger partial charge in [0.25, 0.3) is 5.91 Å². The van der Waals surface area contributed by atoms with E-state index < -0.39 is 0 Å². The van der Waals surface area contributed by atoms with E-state index in [2.05, 4.69) is 20.4 Å². The number of aryl methyl sites for hydroxylation is 1. The number of carbonyl (C=O) groups excluding carboxylic acids is 1. The van der Waals surface area contributed by atoms with E-state index in [1.54, 1.807) is 37.5 Å². The number of amides is 1.